The first kappa shape index (κ1) is 29.0. The molecule has 1 aromatic heterocycles. The van der Waals surface area contributed by atoms with Crippen LogP contribution < -0.4 is 9.64 Å². The van der Waals surface area contributed by atoms with Crippen LogP contribution in [0, 0.1) is 0 Å². The van der Waals surface area contributed by atoms with E-state index in [9.17, 15) is 13.2 Å². The van der Waals surface area contributed by atoms with Gasteiger partial charge in [0.15, 0.2) is 5.13 Å². The van der Waals surface area contributed by atoms with E-state index in [4.69, 9.17) is 9.72 Å². The fraction of sp³-hybridized carbons (Fsp3) is 0.481. The molecule has 0 saturated heterocycles. The summed E-state index contributed by atoms with van der Waals surface area (Å²) in [7, 11) is -1.99. The molecule has 0 bridgehead atoms. The van der Waals surface area contributed by atoms with E-state index >= 15 is 0 Å². The lowest BCUT2D eigenvalue weighted by Crippen LogP contribution is -2.39. The molecule has 0 atom stereocenters. The Labute approximate surface area is 224 Å². The Morgan fingerprint density at radius 1 is 0.946 bits per heavy atom. The van der Waals surface area contributed by atoms with Crippen LogP contribution in [-0.4, -0.2) is 74.9 Å². The Morgan fingerprint density at radius 2 is 1.65 bits per heavy atom. The van der Waals surface area contributed by atoms with Crippen molar-refractivity contribution in [1.29, 1.82) is 0 Å². The average Bonchev–Trinajstić information content (AvgIpc) is 3.34. The summed E-state index contributed by atoms with van der Waals surface area (Å²) in [4.78, 5) is 22.6. The monoisotopic (exact) mass is 546 g/mol. The number of thiazole rings is 1. The van der Waals surface area contributed by atoms with Crippen LogP contribution in [0.2, 0.25) is 0 Å². The summed E-state index contributed by atoms with van der Waals surface area (Å²) in [6, 6.07) is 11.9. The van der Waals surface area contributed by atoms with Gasteiger partial charge in [-0.15, -0.1) is 0 Å². The van der Waals surface area contributed by atoms with Crippen molar-refractivity contribution < 1.29 is 17.9 Å². The maximum Gasteiger partial charge on any atom is 0.260 e. The number of benzene rings is 2. The number of ether oxygens (including phenoxy) is 1. The highest BCUT2D eigenvalue weighted by molar-refractivity contribution is 7.89. The smallest absolute Gasteiger partial charge is 0.260 e. The Hall–Kier alpha value is -2.53. The average molecular weight is 547 g/mol. The van der Waals surface area contributed by atoms with Gasteiger partial charge in [0.25, 0.3) is 5.91 Å². The molecule has 0 spiro atoms. The van der Waals surface area contributed by atoms with Crippen LogP contribution in [0.25, 0.3) is 10.2 Å². The lowest BCUT2D eigenvalue weighted by atomic mass is 10.2. The number of amides is 1. The number of hydrogen-bond acceptors (Lipinski definition) is 7. The van der Waals surface area contributed by atoms with Crippen LogP contribution in [0.5, 0.6) is 5.75 Å². The normalized spacial score (nSPS) is 12.0. The van der Waals surface area contributed by atoms with Gasteiger partial charge in [0, 0.05) is 31.7 Å². The predicted molar refractivity (Wildman–Crippen MR) is 151 cm³/mol. The Bertz CT molecular complexity index is 1270. The van der Waals surface area contributed by atoms with Crippen LogP contribution in [0.3, 0.4) is 0 Å². The zero-order valence-corrected chi connectivity index (χ0v) is 24.1. The van der Waals surface area contributed by atoms with Crippen molar-refractivity contribution >= 4 is 42.6 Å². The molecule has 8 nitrogen and oxygen atoms in total. The van der Waals surface area contributed by atoms with E-state index in [1.165, 1.54) is 27.8 Å². The van der Waals surface area contributed by atoms with Gasteiger partial charge in [0.2, 0.25) is 10.0 Å². The second-order valence-corrected chi connectivity index (χ2v) is 11.6. The lowest BCUT2D eigenvalue weighted by Gasteiger charge is -2.25. The van der Waals surface area contributed by atoms with Crippen molar-refractivity contribution in [3.8, 4) is 5.75 Å². The van der Waals surface area contributed by atoms with E-state index in [1.807, 2.05) is 32.0 Å². The molecule has 0 fully saturated rings. The number of likely N-dealkylation sites (N-methyl/N-ethyl adjacent to an activating group) is 1. The van der Waals surface area contributed by atoms with Crippen molar-refractivity contribution in [2.45, 2.75) is 45.4 Å². The minimum absolute atomic E-state index is 0.198. The van der Waals surface area contributed by atoms with Crippen LogP contribution in [0.1, 0.15) is 50.9 Å². The van der Waals surface area contributed by atoms with E-state index in [-0.39, 0.29) is 10.8 Å². The van der Waals surface area contributed by atoms with Gasteiger partial charge in [-0.05, 0) is 62.0 Å². The zero-order chi connectivity index (χ0) is 27.0. The van der Waals surface area contributed by atoms with E-state index < -0.39 is 10.0 Å². The molecule has 202 valence electrons. The number of hydrogen-bond donors (Lipinski definition) is 0. The summed E-state index contributed by atoms with van der Waals surface area (Å²) in [6.45, 7) is 11.9. The molecule has 10 heteroatoms. The number of unbranched alkanes of at least 4 members (excludes halogenated alkanes) is 1. The number of aromatic nitrogens is 1. The maximum atomic E-state index is 13.7. The minimum atomic E-state index is -3.61. The largest absolute Gasteiger partial charge is 0.497 e. The van der Waals surface area contributed by atoms with Gasteiger partial charge < -0.3 is 9.64 Å². The van der Waals surface area contributed by atoms with Crippen molar-refractivity contribution in [2.24, 2.45) is 0 Å². The first-order chi connectivity index (χ1) is 17.8. The molecule has 1 amide bonds. The number of nitrogens with zero attached hydrogens (tertiary/aromatic N) is 4. The number of anilines is 1. The fourth-order valence-electron chi connectivity index (χ4n) is 4.06. The van der Waals surface area contributed by atoms with Gasteiger partial charge in [-0.1, -0.05) is 45.5 Å². The van der Waals surface area contributed by atoms with Gasteiger partial charge in [-0.3, -0.25) is 9.69 Å². The van der Waals surface area contributed by atoms with E-state index in [0.29, 0.717) is 36.9 Å². The number of carbonyl (C=O) groups is 1. The highest BCUT2D eigenvalue weighted by Gasteiger charge is 2.25. The highest BCUT2D eigenvalue weighted by atomic mass is 32.2. The fourth-order valence-corrected chi connectivity index (χ4v) is 6.56. The third kappa shape index (κ3) is 6.87. The van der Waals surface area contributed by atoms with Crippen molar-refractivity contribution in [1.82, 2.24) is 14.2 Å². The molecule has 2 aromatic carbocycles. The predicted octanol–water partition coefficient (Wildman–Crippen LogP) is 5.10. The van der Waals surface area contributed by atoms with Crippen LogP contribution >= 0.6 is 11.3 Å². The molecule has 0 unspecified atom stereocenters. The Balaban J connectivity index is 1.92. The summed E-state index contributed by atoms with van der Waals surface area (Å²) in [5, 5.41) is 0.605. The number of fused-ring (bicyclic) bond motifs is 1. The Morgan fingerprint density at radius 3 is 2.24 bits per heavy atom. The standard InChI is InChI=1S/C27H38N4O4S2/c1-6-10-17-30(9-4)37(33,34)23-14-11-21(12-15-23)26(32)31(19-18-29(7-2)8-3)27-28-24-16-13-22(35-5)20-25(24)36-27/h11-16,20H,6-10,17-19H2,1-5H3. The molecule has 0 N–H and O–H groups in total. The molecule has 0 saturated carbocycles. The summed E-state index contributed by atoms with van der Waals surface area (Å²) < 4.78 is 34.0. The summed E-state index contributed by atoms with van der Waals surface area (Å²) >= 11 is 1.44. The molecule has 37 heavy (non-hydrogen) atoms. The minimum Gasteiger partial charge on any atom is -0.497 e. The van der Waals surface area contributed by atoms with Crippen LogP contribution in [0.15, 0.2) is 47.4 Å². The topological polar surface area (TPSA) is 83.1 Å². The SMILES string of the molecule is CCCCN(CC)S(=O)(=O)c1ccc(C(=O)N(CCN(CC)CC)c2nc3ccc(OC)cc3s2)cc1. The number of rotatable bonds is 14. The maximum absolute atomic E-state index is 13.7. The highest BCUT2D eigenvalue weighted by Crippen LogP contribution is 2.32. The molecule has 0 aliphatic heterocycles. The number of carbonyl (C=O) groups excluding carboxylic acids is 1. The van der Waals surface area contributed by atoms with Gasteiger partial charge in [-0.2, -0.15) is 4.31 Å². The van der Waals surface area contributed by atoms with E-state index in [0.717, 1.165) is 41.9 Å². The first-order valence-corrected chi connectivity index (χ1v) is 15.1. The second-order valence-electron chi connectivity index (χ2n) is 8.69. The number of sulfonamides is 1. The molecule has 0 aliphatic rings. The zero-order valence-electron chi connectivity index (χ0n) is 22.4. The molecule has 1 heterocycles. The van der Waals surface area contributed by atoms with Crippen LogP contribution in [0.4, 0.5) is 5.13 Å². The lowest BCUT2D eigenvalue weighted by molar-refractivity contribution is 0.0983. The van der Waals surface area contributed by atoms with E-state index in [2.05, 4.69) is 18.7 Å². The van der Waals surface area contributed by atoms with Crippen molar-refractivity contribution in [2.75, 3.05) is 51.3 Å². The van der Waals surface area contributed by atoms with Crippen molar-refractivity contribution in [3.63, 3.8) is 0 Å². The molecule has 0 aliphatic carbocycles. The Kier molecular flexibility index (Phi) is 10.5. The van der Waals surface area contributed by atoms with Gasteiger partial charge in [0.05, 0.1) is 22.2 Å². The summed E-state index contributed by atoms with van der Waals surface area (Å²) in [5.74, 6) is 0.529. The van der Waals surface area contributed by atoms with E-state index in [1.54, 1.807) is 24.1 Å². The molecule has 0 radical (unpaired) electrons. The molecular formula is C27H38N4O4S2. The molecular weight excluding hydrogens is 508 g/mol. The third-order valence-corrected chi connectivity index (χ3v) is 9.48. The first-order valence-electron chi connectivity index (χ1n) is 12.9. The quantitative estimate of drug-likeness (QED) is 0.280. The van der Waals surface area contributed by atoms with Gasteiger partial charge >= 0.3 is 0 Å². The summed E-state index contributed by atoms with van der Waals surface area (Å²) in [5.41, 5.74) is 1.22. The van der Waals surface area contributed by atoms with Gasteiger partial charge in [-0.25, -0.2) is 13.4 Å². The van der Waals surface area contributed by atoms with Crippen molar-refractivity contribution in [3.05, 3.63) is 48.0 Å². The molecule has 3 rings (SSSR count). The summed E-state index contributed by atoms with van der Waals surface area (Å²) in [6.07, 6.45) is 1.72. The third-order valence-electron chi connectivity index (χ3n) is 6.45. The molecule has 3 aromatic rings. The second kappa shape index (κ2) is 13.3. The van der Waals surface area contributed by atoms with Crippen LogP contribution in [-0.2, 0) is 10.0 Å². The van der Waals surface area contributed by atoms with Gasteiger partial charge in [0.1, 0.15) is 5.75 Å². The number of methoxy groups -OCH3 is 1.